The van der Waals surface area contributed by atoms with Gasteiger partial charge in [0, 0.05) is 23.9 Å². The molecular weight excluding hydrogens is 310 g/mol. The second-order valence-electron chi connectivity index (χ2n) is 6.73. The summed E-state index contributed by atoms with van der Waals surface area (Å²) < 4.78 is 2.36. The van der Waals surface area contributed by atoms with Crippen LogP contribution in [0.25, 0.3) is 21.8 Å². The van der Waals surface area contributed by atoms with E-state index in [2.05, 4.69) is 69.1 Å². The lowest BCUT2D eigenvalue weighted by molar-refractivity contribution is 0.399. The highest BCUT2D eigenvalue weighted by Crippen LogP contribution is 2.34. The quantitative estimate of drug-likeness (QED) is 0.563. The van der Waals surface area contributed by atoms with Crippen LogP contribution >= 0.6 is 0 Å². The van der Waals surface area contributed by atoms with Gasteiger partial charge < -0.3 is 9.47 Å². The number of imidazole rings is 1. The Bertz CT molecular complexity index is 1090. The smallest absolute Gasteiger partial charge is 0.159 e. The van der Waals surface area contributed by atoms with E-state index in [0.717, 1.165) is 35.9 Å². The average molecular weight is 329 g/mol. The number of aromatic nitrogens is 4. The van der Waals surface area contributed by atoms with E-state index in [9.17, 15) is 0 Å². The van der Waals surface area contributed by atoms with E-state index in [1.54, 1.807) is 0 Å². The molecule has 1 fully saturated rings. The maximum absolute atomic E-state index is 4.69. The highest BCUT2D eigenvalue weighted by molar-refractivity contribution is 5.93. The zero-order valence-corrected chi connectivity index (χ0v) is 14.3. The number of hydrogen-bond acceptors (Lipinski definition) is 4. The second-order valence-corrected chi connectivity index (χ2v) is 6.73. The van der Waals surface area contributed by atoms with Crippen molar-refractivity contribution in [2.75, 3.05) is 18.0 Å². The van der Waals surface area contributed by atoms with Gasteiger partial charge in [-0.05, 0) is 26.0 Å². The van der Waals surface area contributed by atoms with Crippen molar-refractivity contribution in [2.24, 2.45) is 0 Å². The van der Waals surface area contributed by atoms with Crippen LogP contribution < -0.4 is 4.90 Å². The molecule has 3 heterocycles. The van der Waals surface area contributed by atoms with Gasteiger partial charge in [-0.1, -0.05) is 36.4 Å². The summed E-state index contributed by atoms with van der Waals surface area (Å²) in [6.45, 7) is 5.97. The zero-order chi connectivity index (χ0) is 17.0. The van der Waals surface area contributed by atoms with Crippen LogP contribution in [0.2, 0.25) is 0 Å². The summed E-state index contributed by atoms with van der Waals surface area (Å²) in [7, 11) is 0. The first-order valence-corrected chi connectivity index (χ1v) is 8.63. The van der Waals surface area contributed by atoms with Crippen molar-refractivity contribution in [3.63, 3.8) is 0 Å². The van der Waals surface area contributed by atoms with Crippen LogP contribution in [-0.2, 0) is 0 Å². The topological polar surface area (TPSA) is 46.8 Å². The van der Waals surface area contributed by atoms with Crippen LogP contribution in [0.1, 0.15) is 17.6 Å². The van der Waals surface area contributed by atoms with Crippen molar-refractivity contribution in [1.29, 1.82) is 0 Å². The van der Waals surface area contributed by atoms with Gasteiger partial charge in [0.25, 0.3) is 0 Å². The van der Waals surface area contributed by atoms with E-state index in [4.69, 9.17) is 4.98 Å². The van der Waals surface area contributed by atoms with Gasteiger partial charge in [-0.2, -0.15) is 5.10 Å². The Morgan fingerprint density at radius 1 is 0.880 bits per heavy atom. The Balaban J connectivity index is 1.49. The Hall–Kier alpha value is -2.95. The monoisotopic (exact) mass is 329 g/mol. The first kappa shape index (κ1) is 14.4. The molecule has 4 aromatic rings. The van der Waals surface area contributed by atoms with Crippen LogP contribution in [0.4, 0.5) is 5.82 Å². The van der Waals surface area contributed by atoms with Crippen molar-refractivity contribution in [3.8, 4) is 0 Å². The summed E-state index contributed by atoms with van der Waals surface area (Å²) in [5, 5.41) is 11.2. The van der Waals surface area contributed by atoms with E-state index in [-0.39, 0.29) is 0 Å². The predicted molar refractivity (Wildman–Crippen MR) is 100.0 cm³/mol. The van der Waals surface area contributed by atoms with Crippen LogP contribution in [0.5, 0.6) is 0 Å². The van der Waals surface area contributed by atoms with Gasteiger partial charge in [-0.25, -0.2) is 4.98 Å². The first-order chi connectivity index (χ1) is 12.2. The number of aryl methyl sites for hydroxylation is 2. The van der Waals surface area contributed by atoms with Gasteiger partial charge in [0.2, 0.25) is 0 Å². The van der Waals surface area contributed by atoms with Crippen molar-refractivity contribution < 1.29 is 0 Å². The molecule has 0 spiro atoms. The lowest BCUT2D eigenvalue weighted by Gasteiger charge is -2.41. The fourth-order valence-electron chi connectivity index (χ4n) is 3.87. The minimum atomic E-state index is 0.425. The molecule has 0 radical (unpaired) electrons. The van der Waals surface area contributed by atoms with Crippen molar-refractivity contribution >= 4 is 27.6 Å². The van der Waals surface area contributed by atoms with Gasteiger partial charge in [0.15, 0.2) is 5.82 Å². The third kappa shape index (κ3) is 2.12. The fraction of sp³-hybridized carbons (Fsp3) is 0.250. The van der Waals surface area contributed by atoms with Gasteiger partial charge in [0.1, 0.15) is 5.82 Å². The molecule has 0 N–H and O–H groups in total. The average Bonchev–Trinajstić information content (AvgIpc) is 2.92. The highest BCUT2D eigenvalue weighted by atomic mass is 15.3. The van der Waals surface area contributed by atoms with Crippen LogP contribution in [-0.4, -0.2) is 32.8 Å². The van der Waals surface area contributed by atoms with E-state index in [1.165, 1.54) is 16.3 Å². The molecule has 0 unspecified atom stereocenters. The molecule has 5 rings (SSSR count). The zero-order valence-electron chi connectivity index (χ0n) is 14.3. The maximum atomic E-state index is 4.69. The molecule has 0 aliphatic carbocycles. The minimum Gasteiger partial charge on any atom is -0.350 e. The van der Waals surface area contributed by atoms with Gasteiger partial charge in [0.05, 0.1) is 22.8 Å². The van der Waals surface area contributed by atoms with Crippen molar-refractivity contribution in [1.82, 2.24) is 19.7 Å². The van der Waals surface area contributed by atoms with Crippen molar-refractivity contribution in [2.45, 2.75) is 19.9 Å². The largest absolute Gasteiger partial charge is 0.350 e. The third-order valence-electron chi connectivity index (χ3n) is 5.15. The highest BCUT2D eigenvalue weighted by Gasteiger charge is 2.32. The molecule has 1 saturated heterocycles. The number of para-hydroxylation sites is 2. The van der Waals surface area contributed by atoms with E-state index in [1.807, 2.05) is 13.0 Å². The molecule has 0 atom stereocenters. The summed E-state index contributed by atoms with van der Waals surface area (Å²) in [4.78, 5) is 7.00. The number of hydrogen-bond donors (Lipinski definition) is 0. The third-order valence-corrected chi connectivity index (χ3v) is 5.15. The minimum absolute atomic E-state index is 0.425. The normalized spacial score (nSPS) is 15.0. The molecular formula is C20H19N5. The second kappa shape index (κ2) is 5.28. The molecule has 25 heavy (non-hydrogen) atoms. The first-order valence-electron chi connectivity index (χ1n) is 8.63. The predicted octanol–water partition coefficient (Wildman–Crippen LogP) is 3.66. The summed E-state index contributed by atoms with van der Waals surface area (Å²) in [5.74, 6) is 2.06. The number of rotatable bonds is 2. The van der Waals surface area contributed by atoms with E-state index < -0.39 is 0 Å². The summed E-state index contributed by atoms with van der Waals surface area (Å²) in [5.41, 5.74) is 3.26. The van der Waals surface area contributed by atoms with Gasteiger partial charge in [-0.3, -0.25) is 0 Å². The standard InChI is InChI=1S/C20H19N5/c1-13-16-7-3-4-8-17(16)20(23-22-13)24-11-15(12-24)25-14(2)21-18-9-5-6-10-19(18)25/h3-10,15H,11-12H2,1-2H3. The lowest BCUT2D eigenvalue weighted by atomic mass is 10.1. The number of anilines is 1. The molecule has 124 valence electrons. The Kier molecular flexibility index (Phi) is 3.04. The number of nitrogens with zero attached hydrogens (tertiary/aromatic N) is 5. The molecule has 5 heteroatoms. The fourth-order valence-corrected chi connectivity index (χ4v) is 3.87. The lowest BCUT2D eigenvalue weighted by Crippen LogP contribution is -2.48. The Labute approximate surface area is 145 Å². The molecule has 5 nitrogen and oxygen atoms in total. The summed E-state index contributed by atoms with van der Waals surface area (Å²) in [6, 6.07) is 17.2. The van der Waals surface area contributed by atoms with E-state index in [0.29, 0.717) is 6.04 Å². The Morgan fingerprint density at radius 3 is 2.44 bits per heavy atom. The SMILES string of the molecule is Cc1nnc(N2CC(n3c(C)nc4ccccc43)C2)c2ccccc12. The molecule has 0 amide bonds. The molecule has 2 aromatic carbocycles. The molecule has 1 aliphatic heterocycles. The van der Waals surface area contributed by atoms with Gasteiger partial charge >= 0.3 is 0 Å². The molecule has 0 bridgehead atoms. The van der Waals surface area contributed by atoms with Gasteiger partial charge in [-0.15, -0.1) is 5.10 Å². The number of fused-ring (bicyclic) bond motifs is 2. The van der Waals surface area contributed by atoms with Crippen LogP contribution in [0, 0.1) is 13.8 Å². The van der Waals surface area contributed by atoms with Crippen LogP contribution in [0.15, 0.2) is 48.5 Å². The van der Waals surface area contributed by atoms with Crippen molar-refractivity contribution in [3.05, 3.63) is 60.0 Å². The summed E-state index contributed by atoms with van der Waals surface area (Å²) >= 11 is 0. The summed E-state index contributed by atoms with van der Waals surface area (Å²) in [6.07, 6.45) is 0. The maximum Gasteiger partial charge on any atom is 0.159 e. The molecule has 1 aliphatic rings. The van der Waals surface area contributed by atoms with E-state index >= 15 is 0 Å². The number of benzene rings is 2. The molecule has 0 saturated carbocycles. The molecule has 2 aromatic heterocycles. The van der Waals surface area contributed by atoms with Crippen LogP contribution in [0.3, 0.4) is 0 Å². The Morgan fingerprint density at radius 2 is 1.60 bits per heavy atom.